The summed E-state index contributed by atoms with van der Waals surface area (Å²) in [6.45, 7) is 0. The molecule has 0 aliphatic rings. The Kier molecular flexibility index (Phi) is 1.28. The van der Waals surface area contributed by atoms with E-state index < -0.39 is 0 Å². The molecule has 2 aromatic heterocycles. The van der Waals surface area contributed by atoms with Crippen molar-refractivity contribution in [3.63, 3.8) is 0 Å². The van der Waals surface area contributed by atoms with Crippen LogP contribution in [0.15, 0.2) is 24.5 Å². The summed E-state index contributed by atoms with van der Waals surface area (Å²) in [7, 11) is 1.63. The number of hydrogen-bond donors (Lipinski definition) is 0. The van der Waals surface area contributed by atoms with Gasteiger partial charge in [-0.3, -0.25) is 4.40 Å². The fraction of sp³-hybridized carbons (Fsp3) is 0.125. The Labute approximate surface area is 64.2 Å². The van der Waals surface area contributed by atoms with Crippen molar-refractivity contribution in [3.05, 3.63) is 30.7 Å². The molecule has 2 aromatic rings. The van der Waals surface area contributed by atoms with Crippen molar-refractivity contribution < 1.29 is 4.74 Å². The zero-order valence-electron chi connectivity index (χ0n) is 6.11. The highest BCUT2D eigenvalue weighted by molar-refractivity contribution is 5.52. The molecule has 0 aliphatic heterocycles. The summed E-state index contributed by atoms with van der Waals surface area (Å²) in [4.78, 5) is 4.07. The molecule has 11 heavy (non-hydrogen) atoms. The van der Waals surface area contributed by atoms with Crippen LogP contribution in [0.1, 0.15) is 0 Å². The average molecular weight is 147 g/mol. The van der Waals surface area contributed by atoms with Crippen LogP contribution in [-0.4, -0.2) is 16.5 Å². The van der Waals surface area contributed by atoms with Gasteiger partial charge in [-0.05, 0) is 12.1 Å². The van der Waals surface area contributed by atoms with Gasteiger partial charge in [-0.25, -0.2) is 4.98 Å². The Morgan fingerprint density at radius 1 is 1.64 bits per heavy atom. The van der Waals surface area contributed by atoms with Crippen LogP contribution in [0, 0.1) is 6.20 Å². The fourth-order valence-corrected chi connectivity index (χ4v) is 1.02. The van der Waals surface area contributed by atoms with Gasteiger partial charge in [0.1, 0.15) is 0 Å². The molecule has 1 radical (unpaired) electrons. The summed E-state index contributed by atoms with van der Waals surface area (Å²) in [5.41, 5.74) is 0.801. The highest BCUT2D eigenvalue weighted by Crippen LogP contribution is 2.15. The number of fused-ring (bicyclic) bond motifs is 1. The molecule has 0 spiro atoms. The van der Waals surface area contributed by atoms with Crippen molar-refractivity contribution in [2.75, 3.05) is 7.11 Å². The van der Waals surface area contributed by atoms with E-state index in [1.54, 1.807) is 17.7 Å². The Hall–Kier alpha value is -1.51. The van der Waals surface area contributed by atoms with E-state index in [0.717, 1.165) is 11.4 Å². The van der Waals surface area contributed by atoms with Crippen LogP contribution < -0.4 is 4.74 Å². The predicted octanol–water partition coefficient (Wildman–Crippen LogP) is 1.14. The summed E-state index contributed by atoms with van der Waals surface area (Å²) in [5.74, 6) is 0.772. The Morgan fingerprint density at radius 3 is 3.36 bits per heavy atom. The van der Waals surface area contributed by atoms with Gasteiger partial charge in [0, 0.05) is 6.20 Å². The van der Waals surface area contributed by atoms with Gasteiger partial charge in [-0.15, -0.1) is 0 Å². The maximum atomic E-state index is 5.08. The number of ether oxygens (including phenoxy) is 1. The van der Waals surface area contributed by atoms with Gasteiger partial charge in [0.25, 0.3) is 0 Å². The van der Waals surface area contributed by atoms with Crippen molar-refractivity contribution in [1.29, 1.82) is 0 Å². The monoisotopic (exact) mass is 147 g/mol. The normalized spacial score (nSPS) is 10.3. The second-order valence-electron chi connectivity index (χ2n) is 2.16. The van der Waals surface area contributed by atoms with Crippen molar-refractivity contribution in [2.45, 2.75) is 0 Å². The second kappa shape index (κ2) is 2.27. The minimum atomic E-state index is 0.772. The molecule has 2 rings (SSSR count). The lowest BCUT2D eigenvalue weighted by atomic mass is 10.4. The number of rotatable bonds is 1. The lowest BCUT2D eigenvalue weighted by Gasteiger charge is -1.99. The molecular formula is C8H7N2O. The van der Waals surface area contributed by atoms with Gasteiger partial charge < -0.3 is 4.74 Å². The Morgan fingerprint density at radius 2 is 2.55 bits per heavy atom. The lowest BCUT2D eigenvalue weighted by Crippen LogP contribution is -1.88. The maximum Gasteiger partial charge on any atom is 0.180 e. The minimum Gasteiger partial charge on any atom is -0.493 e. The summed E-state index contributed by atoms with van der Waals surface area (Å²) < 4.78 is 6.87. The Balaban J connectivity index is 2.79. The molecular weight excluding hydrogens is 140 g/mol. The van der Waals surface area contributed by atoms with E-state index in [1.807, 2.05) is 18.3 Å². The quantitative estimate of drug-likeness (QED) is 0.604. The van der Waals surface area contributed by atoms with Gasteiger partial charge in [0.15, 0.2) is 11.4 Å². The van der Waals surface area contributed by atoms with Crippen LogP contribution in [0.4, 0.5) is 0 Å². The molecule has 0 aromatic carbocycles. The molecule has 0 fully saturated rings. The SMILES string of the molecule is COc1cccn2[c]cnc12. The van der Waals surface area contributed by atoms with E-state index in [0.29, 0.717) is 0 Å². The topological polar surface area (TPSA) is 26.5 Å². The molecule has 0 N–H and O–H groups in total. The maximum absolute atomic E-state index is 5.08. The lowest BCUT2D eigenvalue weighted by molar-refractivity contribution is 0.417. The first-order valence-electron chi connectivity index (χ1n) is 3.29. The first-order chi connectivity index (χ1) is 5.42. The van der Waals surface area contributed by atoms with Crippen molar-refractivity contribution in [3.8, 4) is 5.75 Å². The molecule has 3 heteroatoms. The molecule has 0 atom stereocenters. The summed E-state index contributed by atoms with van der Waals surface area (Å²) >= 11 is 0. The number of nitrogens with zero attached hydrogens (tertiary/aromatic N) is 2. The Bertz CT molecular complexity index is 367. The van der Waals surface area contributed by atoms with Crippen LogP contribution in [0.3, 0.4) is 0 Å². The standard InChI is InChI=1S/C8H7N2O/c1-11-7-3-2-5-10-6-4-9-8(7)10/h2-5H,1H3. The number of imidazole rings is 1. The predicted molar refractivity (Wildman–Crippen MR) is 40.6 cm³/mol. The molecule has 2 heterocycles. The third kappa shape index (κ3) is 0.852. The van der Waals surface area contributed by atoms with Gasteiger partial charge >= 0.3 is 0 Å². The average Bonchev–Trinajstić information content (AvgIpc) is 2.50. The highest BCUT2D eigenvalue weighted by Gasteiger charge is 1.99. The summed E-state index contributed by atoms with van der Waals surface area (Å²) in [6, 6.07) is 3.76. The summed E-state index contributed by atoms with van der Waals surface area (Å²) in [6.07, 6.45) is 6.42. The van der Waals surface area contributed by atoms with E-state index >= 15 is 0 Å². The van der Waals surface area contributed by atoms with E-state index in [9.17, 15) is 0 Å². The van der Waals surface area contributed by atoms with Crippen LogP contribution in [-0.2, 0) is 0 Å². The fourth-order valence-electron chi connectivity index (χ4n) is 1.02. The molecule has 0 bridgehead atoms. The first kappa shape index (κ1) is 6.22. The highest BCUT2D eigenvalue weighted by atomic mass is 16.5. The summed E-state index contributed by atoms with van der Waals surface area (Å²) in [5, 5.41) is 0. The third-order valence-electron chi connectivity index (χ3n) is 1.53. The van der Waals surface area contributed by atoms with Crippen molar-refractivity contribution >= 4 is 5.65 Å². The smallest absolute Gasteiger partial charge is 0.180 e. The molecule has 0 saturated heterocycles. The van der Waals surface area contributed by atoms with Crippen LogP contribution in [0.5, 0.6) is 5.75 Å². The van der Waals surface area contributed by atoms with E-state index in [1.165, 1.54) is 0 Å². The van der Waals surface area contributed by atoms with Crippen molar-refractivity contribution in [2.24, 2.45) is 0 Å². The molecule has 0 amide bonds. The van der Waals surface area contributed by atoms with Gasteiger partial charge in [-0.1, -0.05) is 0 Å². The largest absolute Gasteiger partial charge is 0.493 e. The zero-order valence-corrected chi connectivity index (χ0v) is 6.11. The molecule has 0 aliphatic carbocycles. The van der Waals surface area contributed by atoms with Gasteiger partial charge in [0.05, 0.1) is 19.5 Å². The minimum absolute atomic E-state index is 0.772. The zero-order chi connectivity index (χ0) is 7.68. The third-order valence-corrected chi connectivity index (χ3v) is 1.53. The van der Waals surface area contributed by atoms with E-state index in [-0.39, 0.29) is 0 Å². The molecule has 55 valence electrons. The van der Waals surface area contributed by atoms with Crippen LogP contribution in [0.25, 0.3) is 5.65 Å². The number of methoxy groups -OCH3 is 1. The number of aromatic nitrogens is 2. The van der Waals surface area contributed by atoms with E-state index in [2.05, 4.69) is 11.2 Å². The van der Waals surface area contributed by atoms with Crippen LogP contribution in [0.2, 0.25) is 0 Å². The van der Waals surface area contributed by atoms with Gasteiger partial charge in [-0.2, -0.15) is 0 Å². The van der Waals surface area contributed by atoms with Crippen molar-refractivity contribution in [1.82, 2.24) is 9.38 Å². The molecule has 0 unspecified atom stereocenters. The first-order valence-corrected chi connectivity index (χ1v) is 3.29. The second-order valence-corrected chi connectivity index (χ2v) is 2.16. The molecule has 3 nitrogen and oxygen atoms in total. The number of hydrogen-bond acceptors (Lipinski definition) is 2. The van der Waals surface area contributed by atoms with Gasteiger partial charge in [0.2, 0.25) is 0 Å². The number of pyridine rings is 1. The van der Waals surface area contributed by atoms with E-state index in [4.69, 9.17) is 4.74 Å². The van der Waals surface area contributed by atoms with Crippen LogP contribution >= 0.6 is 0 Å². The molecule has 0 saturated carbocycles.